The van der Waals surface area contributed by atoms with Gasteiger partial charge in [-0.3, -0.25) is 0 Å². The zero-order valence-corrected chi connectivity index (χ0v) is 11.5. The van der Waals surface area contributed by atoms with Crippen LogP contribution in [0.4, 0.5) is 8.78 Å². The number of hydrogen-bond acceptors (Lipinski definition) is 1. The van der Waals surface area contributed by atoms with E-state index in [1.807, 2.05) is 0 Å². The zero-order valence-electron chi connectivity index (χ0n) is 11.5. The highest BCUT2D eigenvalue weighted by molar-refractivity contribution is 5.23. The minimum Gasteiger partial charge on any atom is -0.493 e. The Morgan fingerprint density at radius 3 is 2.68 bits per heavy atom. The van der Waals surface area contributed by atoms with Crippen LogP contribution in [0.5, 0.6) is 5.75 Å². The fourth-order valence-electron chi connectivity index (χ4n) is 2.92. The Morgan fingerprint density at radius 2 is 1.95 bits per heavy atom. The number of benzene rings is 1. The van der Waals surface area contributed by atoms with Crippen LogP contribution in [0.2, 0.25) is 0 Å². The first-order valence-electron chi connectivity index (χ1n) is 7.24. The summed E-state index contributed by atoms with van der Waals surface area (Å²) in [5.74, 6) is 0.358. The van der Waals surface area contributed by atoms with Gasteiger partial charge >= 0.3 is 0 Å². The first-order chi connectivity index (χ1) is 9.16. The molecule has 1 aromatic rings. The average Bonchev–Trinajstić information content (AvgIpc) is 2.40. The van der Waals surface area contributed by atoms with Gasteiger partial charge in [0, 0.05) is 6.07 Å². The van der Waals surface area contributed by atoms with Crippen molar-refractivity contribution in [2.75, 3.05) is 6.61 Å². The highest BCUT2D eigenvalue weighted by atomic mass is 19.2. The summed E-state index contributed by atoms with van der Waals surface area (Å²) >= 11 is 0. The standard InChI is InChI=1S/C16H22F2O/c1-12-5-2-3-6-13(12)7-4-10-19-14-8-9-15(17)16(18)11-14/h8-9,11-13H,2-7,10H2,1H3. The topological polar surface area (TPSA) is 9.23 Å². The van der Waals surface area contributed by atoms with Crippen molar-refractivity contribution in [3.05, 3.63) is 29.8 Å². The maximum absolute atomic E-state index is 13.0. The zero-order chi connectivity index (χ0) is 13.7. The van der Waals surface area contributed by atoms with Crippen LogP contribution >= 0.6 is 0 Å². The third-order valence-corrected chi connectivity index (χ3v) is 4.17. The molecule has 2 atom stereocenters. The minimum atomic E-state index is -0.849. The summed E-state index contributed by atoms with van der Waals surface area (Å²) in [5.41, 5.74) is 0. The van der Waals surface area contributed by atoms with E-state index in [1.54, 1.807) is 0 Å². The van der Waals surface area contributed by atoms with E-state index in [0.717, 1.165) is 30.4 Å². The fourth-order valence-corrected chi connectivity index (χ4v) is 2.92. The van der Waals surface area contributed by atoms with Crippen molar-refractivity contribution < 1.29 is 13.5 Å². The van der Waals surface area contributed by atoms with Gasteiger partial charge in [-0.2, -0.15) is 0 Å². The Labute approximate surface area is 114 Å². The monoisotopic (exact) mass is 268 g/mol. The summed E-state index contributed by atoms with van der Waals surface area (Å²) in [6.45, 7) is 2.91. The number of rotatable bonds is 5. The second-order valence-electron chi connectivity index (χ2n) is 5.59. The maximum Gasteiger partial charge on any atom is 0.162 e. The molecule has 1 saturated carbocycles. The first-order valence-corrected chi connectivity index (χ1v) is 7.24. The summed E-state index contributed by atoms with van der Waals surface area (Å²) < 4.78 is 31.2. The largest absolute Gasteiger partial charge is 0.493 e. The molecule has 19 heavy (non-hydrogen) atoms. The molecule has 1 nitrogen and oxygen atoms in total. The van der Waals surface area contributed by atoms with Crippen LogP contribution < -0.4 is 4.74 Å². The molecule has 0 radical (unpaired) electrons. The van der Waals surface area contributed by atoms with Crippen LogP contribution in [-0.4, -0.2) is 6.61 Å². The van der Waals surface area contributed by atoms with Gasteiger partial charge in [0.2, 0.25) is 0 Å². The average molecular weight is 268 g/mol. The van der Waals surface area contributed by atoms with Crippen molar-refractivity contribution in [1.29, 1.82) is 0 Å². The van der Waals surface area contributed by atoms with Crippen molar-refractivity contribution >= 4 is 0 Å². The molecule has 106 valence electrons. The van der Waals surface area contributed by atoms with Gasteiger partial charge < -0.3 is 4.74 Å². The summed E-state index contributed by atoms with van der Waals surface area (Å²) in [7, 11) is 0. The molecule has 0 spiro atoms. The van der Waals surface area contributed by atoms with E-state index in [-0.39, 0.29) is 0 Å². The second-order valence-corrected chi connectivity index (χ2v) is 5.59. The SMILES string of the molecule is CC1CCCCC1CCCOc1ccc(F)c(F)c1. The van der Waals surface area contributed by atoms with Gasteiger partial charge in [0.25, 0.3) is 0 Å². The van der Waals surface area contributed by atoms with Gasteiger partial charge in [-0.05, 0) is 36.8 Å². The summed E-state index contributed by atoms with van der Waals surface area (Å²) in [6.07, 6.45) is 7.53. The van der Waals surface area contributed by atoms with Gasteiger partial charge in [-0.1, -0.05) is 32.6 Å². The summed E-state index contributed by atoms with van der Waals surface area (Å²) in [4.78, 5) is 0. The third-order valence-electron chi connectivity index (χ3n) is 4.17. The maximum atomic E-state index is 13.0. The second kappa shape index (κ2) is 6.88. The van der Waals surface area contributed by atoms with E-state index in [2.05, 4.69) is 6.92 Å². The lowest BCUT2D eigenvalue weighted by Crippen LogP contribution is -2.17. The quantitative estimate of drug-likeness (QED) is 0.686. The van der Waals surface area contributed by atoms with Crippen LogP contribution in [0.3, 0.4) is 0 Å². The molecule has 1 aliphatic carbocycles. The van der Waals surface area contributed by atoms with Gasteiger partial charge in [0.1, 0.15) is 5.75 Å². The molecule has 0 amide bonds. The molecule has 1 aliphatic rings. The van der Waals surface area contributed by atoms with Crippen LogP contribution in [0.25, 0.3) is 0 Å². The molecular weight excluding hydrogens is 246 g/mol. The molecule has 3 heteroatoms. The van der Waals surface area contributed by atoms with Gasteiger partial charge in [0.05, 0.1) is 6.61 Å². The lowest BCUT2D eigenvalue weighted by Gasteiger charge is -2.28. The molecule has 2 unspecified atom stereocenters. The Balaban J connectivity index is 1.70. The first kappa shape index (κ1) is 14.3. The molecule has 0 N–H and O–H groups in total. The molecule has 0 saturated heterocycles. The number of ether oxygens (including phenoxy) is 1. The molecule has 0 aromatic heterocycles. The molecular formula is C16H22F2O. The van der Waals surface area contributed by atoms with E-state index in [9.17, 15) is 8.78 Å². The van der Waals surface area contributed by atoms with Gasteiger partial charge in [-0.15, -0.1) is 0 Å². The van der Waals surface area contributed by atoms with Crippen LogP contribution in [0.1, 0.15) is 45.4 Å². The lowest BCUT2D eigenvalue weighted by atomic mass is 9.78. The highest BCUT2D eigenvalue weighted by Crippen LogP contribution is 2.32. The van der Waals surface area contributed by atoms with Crippen LogP contribution in [0, 0.1) is 23.5 Å². The fraction of sp³-hybridized carbons (Fsp3) is 0.625. The molecule has 0 heterocycles. The Kier molecular flexibility index (Phi) is 5.17. The van der Waals surface area contributed by atoms with Crippen LogP contribution in [0.15, 0.2) is 18.2 Å². The number of hydrogen-bond donors (Lipinski definition) is 0. The van der Waals surface area contributed by atoms with Gasteiger partial charge in [-0.25, -0.2) is 8.78 Å². The molecule has 0 aliphatic heterocycles. The third kappa shape index (κ3) is 4.19. The normalized spacial score (nSPS) is 23.3. The molecule has 0 bridgehead atoms. The summed E-state index contributed by atoms with van der Waals surface area (Å²) in [6, 6.07) is 3.69. The number of halogens is 2. The van der Waals surface area contributed by atoms with Crippen molar-refractivity contribution in [3.8, 4) is 5.75 Å². The smallest absolute Gasteiger partial charge is 0.162 e. The Morgan fingerprint density at radius 1 is 1.16 bits per heavy atom. The predicted molar refractivity (Wildman–Crippen MR) is 72.2 cm³/mol. The van der Waals surface area contributed by atoms with Crippen molar-refractivity contribution in [2.24, 2.45) is 11.8 Å². The lowest BCUT2D eigenvalue weighted by molar-refractivity contribution is 0.217. The van der Waals surface area contributed by atoms with E-state index in [1.165, 1.54) is 38.2 Å². The predicted octanol–water partition coefficient (Wildman–Crippen LogP) is 4.95. The van der Waals surface area contributed by atoms with Crippen molar-refractivity contribution in [3.63, 3.8) is 0 Å². The highest BCUT2D eigenvalue weighted by Gasteiger charge is 2.20. The Hall–Kier alpha value is -1.12. The van der Waals surface area contributed by atoms with Crippen LogP contribution in [-0.2, 0) is 0 Å². The molecule has 1 fully saturated rings. The molecule has 1 aromatic carbocycles. The minimum absolute atomic E-state index is 0.413. The van der Waals surface area contributed by atoms with Gasteiger partial charge in [0.15, 0.2) is 11.6 Å². The summed E-state index contributed by atoms with van der Waals surface area (Å²) in [5, 5.41) is 0. The van der Waals surface area contributed by atoms with Crippen molar-refractivity contribution in [2.45, 2.75) is 45.4 Å². The van der Waals surface area contributed by atoms with E-state index in [0.29, 0.717) is 12.4 Å². The van der Waals surface area contributed by atoms with E-state index in [4.69, 9.17) is 4.74 Å². The molecule has 2 rings (SSSR count). The van der Waals surface area contributed by atoms with E-state index < -0.39 is 11.6 Å². The van der Waals surface area contributed by atoms with E-state index >= 15 is 0 Å². The Bertz CT molecular complexity index is 406. The van der Waals surface area contributed by atoms with Crippen molar-refractivity contribution in [1.82, 2.24) is 0 Å².